The highest BCUT2D eigenvalue weighted by Crippen LogP contribution is 2.33. The van der Waals surface area contributed by atoms with Crippen LogP contribution in [0.1, 0.15) is 10.4 Å². The average molecular weight is 317 g/mol. The third kappa shape index (κ3) is 3.00. The monoisotopic (exact) mass is 315 g/mol. The lowest BCUT2D eigenvalue weighted by Gasteiger charge is -2.10. The molecule has 19 heavy (non-hydrogen) atoms. The van der Waals surface area contributed by atoms with Crippen LogP contribution in [0, 0.1) is 0 Å². The highest BCUT2D eigenvalue weighted by Gasteiger charge is 2.17. The van der Waals surface area contributed by atoms with E-state index in [9.17, 15) is 4.79 Å². The fraction of sp³-hybridized carbons (Fsp3) is 0.0769. The van der Waals surface area contributed by atoms with Gasteiger partial charge in [-0.2, -0.15) is 0 Å². The molecule has 0 atom stereocenters. The number of benzene rings is 1. The Kier molecular flexibility index (Phi) is 4.30. The van der Waals surface area contributed by atoms with Crippen molar-refractivity contribution < 1.29 is 9.53 Å². The first-order valence-electron chi connectivity index (χ1n) is 5.22. The summed E-state index contributed by atoms with van der Waals surface area (Å²) in [6, 6.07) is 6.39. The molecule has 1 heterocycles. The first-order chi connectivity index (χ1) is 9.02. The molecule has 1 aromatic heterocycles. The smallest absolute Gasteiger partial charge is 0.338 e. The molecule has 0 bridgehead atoms. The van der Waals surface area contributed by atoms with Crippen molar-refractivity contribution in [1.82, 2.24) is 4.98 Å². The van der Waals surface area contributed by atoms with Crippen molar-refractivity contribution in [3.8, 4) is 11.1 Å². The summed E-state index contributed by atoms with van der Waals surface area (Å²) in [6.07, 6.45) is 1.46. The maximum absolute atomic E-state index is 11.8. The van der Waals surface area contributed by atoms with E-state index in [0.29, 0.717) is 21.2 Å². The quantitative estimate of drug-likeness (QED) is 0.605. The zero-order valence-electron chi connectivity index (χ0n) is 9.78. The summed E-state index contributed by atoms with van der Waals surface area (Å²) in [5, 5.41) is 1.16. The second-order valence-corrected chi connectivity index (χ2v) is 4.90. The Labute approximate surface area is 125 Å². The van der Waals surface area contributed by atoms with E-state index in [-0.39, 0.29) is 10.7 Å². The summed E-state index contributed by atoms with van der Waals surface area (Å²) in [4.78, 5) is 15.7. The van der Waals surface area contributed by atoms with Crippen molar-refractivity contribution in [1.29, 1.82) is 0 Å². The van der Waals surface area contributed by atoms with Gasteiger partial charge in [0.2, 0.25) is 0 Å². The van der Waals surface area contributed by atoms with E-state index < -0.39 is 5.97 Å². The molecule has 0 amide bonds. The molecule has 6 heteroatoms. The maximum atomic E-state index is 11.8. The Balaban J connectivity index is 2.68. The predicted molar refractivity (Wildman–Crippen MR) is 76.0 cm³/mol. The molecule has 0 fully saturated rings. The van der Waals surface area contributed by atoms with Crippen LogP contribution < -0.4 is 0 Å². The molecule has 3 nitrogen and oxygen atoms in total. The summed E-state index contributed by atoms with van der Waals surface area (Å²) < 4.78 is 4.72. The minimum Gasteiger partial charge on any atom is -0.465 e. The van der Waals surface area contributed by atoms with Gasteiger partial charge in [-0.05, 0) is 24.3 Å². The molecule has 0 aliphatic heterocycles. The fourth-order valence-electron chi connectivity index (χ4n) is 1.63. The number of halogens is 3. The Hall–Kier alpha value is -1.29. The highest BCUT2D eigenvalue weighted by atomic mass is 35.5. The van der Waals surface area contributed by atoms with Crippen LogP contribution in [-0.4, -0.2) is 18.1 Å². The molecule has 1 aromatic carbocycles. The van der Waals surface area contributed by atoms with Crippen LogP contribution in [0.25, 0.3) is 11.1 Å². The third-order valence-corrected chi connectivity index (χ3v) is 3.27. The fourth-order valence-corrected chi connectivity index (χ4v) is 2.18. The normalized spacial score (nSPS) is 10.3. The van der Waals surface area contributed by atoms with Crippen LogP contribution in [-0.2, 0) is 4.74 Å². The SMILES string of the molecule is COC(=O)c1cc(Cl)ncc1-c1cc(Cl)ccc1Cl. The van der Waals surface area contributed by atoms with Gasteiger partial charge in [-0.3, -0.25) is 0 Å². The number of esters is 1. The van der Waals surface area contributed by atoms with Gasteiger partial charge in [0.1, 0.15) is 5.15 Å². The number of hydrogen-bond acceptors (Lipinski definition) is 3. The van der Waals surface area contributed by atoms with E-state index >= 15 is 0 Å². The number of carbonyl (C=O) groups excluding carboxylic acids is 1. The second kappa shape index (κ2) is 5.78. The molecule has 0 aliphatic carbocycles. The molecular weight excluding hydrogens is 309 g/mol. The number of carbonyl (C=O) groups is 1. The molecule has 0 unspecified atom stereocenters. The van der Waals surface area contributed by atoms with Gasteiger partial charge in [0.25, 0.3) is 0 Å². The van der Waals surface area contributed by atoms with E-state index in [4.69, 9.17) is 39.5 Å². The minimum absolute atomic E-state index is 0.197. The topological polar surface area (TPSA) is 39.2 Å². The van der Waals surface area contributed by atoms with Crippen LogP contribution in [0.5, 0.6) is 0 Å². The van der Waals surface area contributed by atoms with Gasteiger partial charge in [-0.1, -0.05) is 34.8 Å². The van der Waals surface area contributed by atoms with Gasteiger partial charge < -0.3 is 4.74 Å². The van der Waals surface area contributed by atoms with Crippen LogP contribution in [0.3, 0.4) is 0 Å². The Bertz CT molecular complexity index is 644. The largest absolute Gasteiger partial charge is 0.465 e. The van der Waals surface area contributed by atoms with Crippen molar-refractivity contribution in [2.45, 2.75) is 0 Å². The van der Waals surface area contributed by atoms with Gasteiger partial charge in [-0.25, -0.2) is 9.78 Å². The van der Waals surface area contributed by atoms with E-state index in [1.165, 1.54) is 19.4 Å². The molecule has 0 radical (unpaired) electrons. The number of pyridine rings is 1. The van der Waals surface area contributed by atoms with Gasteiger partial charge in [0.15, 0.2) is 0 Å². The lowest BCUT2D eigenvalue weighted by molar-refractivity contribution is 0.0601. The van der Waals surface area contributed by atoms with Gasteiger partial charge in [-0.15, -0.1) is 0 Å². The van der Waals surface area contributed by atoms with Crippen molar-refractivity contribution in [2.75, 3.05) is 7.11 Å². The summed E-state index contributed by atoms with van der Waals surface area (Å²) in [7, 11) is 1.29. The Morgan fingerprint density at radius 1 is 1.16 bits per heavy atom. The van der Waals surface area contributed by atoms with Gasteiger partial charge >= 0.3 is 5.97 Å². The van der Waals surface area contributed by atoms with Crippen molar-refractivity contribution in [3.05, 3.63) is 51.2 Å². The Morgan fingerprint density at radius 3 is 2.58 bits per heavy atom. The molecule has 0 saturated carbocycles. The summed E-state index contributed by atoms with van der Waals surface area (Å²) in [6.45, 7) is 0. The lowest BCUT2D eigenvalue weighted by atomic mass is 10.0. The standard InChI is InChI=1S/C13H8Cl3NO2/c1-19-13(18)9-5-12(16)17-6-10(9)8-4-7(14)2-3-11(8)15/h2-6H,1H3. The van der Waals surface area contributed by atoms with Crippen LogP contribution >= 0.6 is 34.8 Å². The van der Waals surface area contributed by atoms with E-state index in [1.807, 2.05) is 0 Å². The number of hydrogen-bond donors (Lipinski definition) is 0. The number of aromatic nitrogens is 1. The number of rotatable bonds is 2. The molecule has 0 aliphatic rings. The van der Waals surface area contributed by atoms with Crippen LogP contribution in [0.2, 0.25) is 15.2 Å². The van der Waals surface area contributed by atoms with Gasteiger partial charge in [0.05, 0.1) is 12.7 Å². The molecular formula is C13H8Cl3NO2. The van der Waals surface area contributed by atoms with Crippen molar-refractivity contribution in [3.63, 3.8) is 0 Å². The van der Waals surface area contributed by atoms with Crippen molar-refractivity contribution >= 4 is 40.8 Å². The minimum atomic E-state index is -0.518. The molecule has 98 valence electrons. The predicted octanol–water partition coefficient (Wildman–Crippen LogP) is 4.50. The average Bonchev–Trinajstić information content (AvgIpc) is 2.41. The number of methoxy groups -OCH3 is 1. The molecule has 0 saturated heterocycles. The van der Waals surface area contributed by atoms with E-state index in [1.54, 1.807) is 18.2 Å². The first-order valence-corrected chi connectivity index (χ1v) is 6.35. The molecule has 2 aromatic rings. The lowest BCUT2D eigenvalue weighted by Crippen LogP contribution is -2.04. The van der Waals surface area contributed by atoms with Crippen molar-refractivity contribution in [2.24, 2.45) is 0 Å². The molecule has 0 spiro atoms. The summed E-state index contributed by atoms with van der Waals surface area (Å²) in [5.41, 5.74) is 1.40. The van der Waals surface area contributed by atoms with E-state index in [2.05, 4.69) is 4.98 Å². The Morgan fingerprint density at radius 2 is 1.89 bits per heavy atom. The van der Waals surface area contributed by atoms with Crippen LogP contribution in [0.15, 0.2) is 30.5 Å². The first kappa shape index (κ1) is 14.1. The summed E-state index contributed by atoms with van der Waals surface area (Å²) in [5.74, 6) is -0.518. The molecule has 2 rings (SSSR count). The zero-order chi connectivity index (χ0) is 14.0. The number of ether oxygens (including phenoxy) is 1. The summed E-state index contributed by atoms with van der Waals surface area (Å²) >= 11 is 17.9. The second-order valence-electron chi connectivity index (χ2n) is 3.67. The zero-order valence-corrected chi connectivity index (χ0v) is 12.1. The van der Waals surface area contributed by atoms with Crippen LogP contribution in [0.4, 0.5) is 0 Å². The van der Waals surface area contributed by atoms with Gasteiger partial charge in [0, 0.05) is 27.4 Å². The highest BCUT2D eigenvalue weighted by molar-refractivity contribution is 6.35. The third-order valence-electron chi connectivity index (χ3n) is 2.49. The van der Waals surface area contributed by atoms with E-state index in [0.717, 1.165) is 0 Å². The molecule has 0 N–H and O–H groups in total. The number of nitrogens with zero attached hydrogens (tertiary/aromatic N) is 1. The maximum Gasteiger partial charge on any atom is 0.338 e.